The summed E-state index contributed by atoms with van der Waals surface area (Å²) >= 11 is 0. The van der Waals surface area contributed by atoms with Crippen molar-refractivity contribution in [2.75, 3.05) is 12.4 Å². The van der Waals surface area contributed by atoms with Crippen molar-refractivity contribution in [2.24, 2.45) is 0 Å². The topological polar surface area (TPSA) is 60.2 Å². The van der Waals surface area contributed by atoms with Crippen LogP contribution >= 0.6 is 0 Å². The molecule has 3 rings (SSSR count). The largest absolute Gasteiger partial charge is 0.453 e. The molecule has 1 aromatic heterocycles. The van der Waals surface area contributed by atoms with Crippen LogP contribution in [-0.2, 0) is 16.0 Å². The van der Waals surface area contributed by atoms with Crippen LogP contribution in [-0.4, -0.2) is 26.0 Å². The number of halogens is 4. The zero-order valence-corrected chi connectivity index (χ0v) is 14.5. The quantitative estimate of drug-likeness (QED) is 0.581. The standard InChI is InChI=1S/C18H13F4NO3S/c19-10-11-27(24,25)14-8-6-13(7-9-14)16-15(12-4-2-1-3-5-12)17(26-23-16)18(20,21)22/h1-9H,10-11H2/i19-1. The van der Waals surface area contributed by atoms with E-state index >= 15 is 0 Å². The molecule has 0 amide bonds. The Kier molecular flexibility index (Phi) is 5.05. The molecular weight excluding hydrogens is 385 g/mol. The molecule has 0 spiro atoms. The monoisotopic (exact) mass is 398 g/mol. The van der Waals surface area contributed by atoms with Gasteiger partial charge in [-0.1, -0.05) is 47.6 Å². The Bertz CT molecular complexity index is 1030. The summed E-state index contributed by atoms with van der Waals surface area (Å²) in [7, 11) is -3.79. The lowest BCUT2D eigenvalue weighted by atomic mass is 9.99. The molecule has 0 saturated carbocycles. The van der Waals surface area contributed by atoms with Gasteiger partial charge in [-0.05, 0) is 17.7 Å². The summed E-state index contributed by atoms with van der Waals surface area (Å²) in [5.41, 5.74) is 0.202. The van der Waals surface area contributed by atoms with E-state index in [1.165, 1.54) is 36.4 Å². The number of alkyl halides is 4. The van der Waals surface area contributed by atoms with Crippen molar-refractivity contribution in [1.29, 1.82) is 0 Å². The highest BCUT2D eigenvalue weighted by Gasteiger charge is 2.41. The Labute approximate surface area is 152 Å². The first kappa shape index (κ1) is 19.1. The second-order valence-corrected chi connectivity index (χ2v) is 7.74. The maximum Gasteiger partial charge on any atom is 0.453 e. The van der Waals surface area contributed by atoms with Gasteiger partial charge in [-0.2, -0.15) is 13.2 Å². The minimum atomic E-state index is -4.75. The minimum absolute atomic E-state index is 0.0667. The summed E-state index contributed by atoms with van der Waals surface area (Å²) in [5.74, 6) is -1.90. The number of rotatable bonds is 5. The zero-order chi connectivity index (χ0) is 19.7. The Hall–Kier alpha value is -2.68. The summed E-state index contributed by atoms with van der Waals surface area (Å²) in [6.45, 7) is -1.03. The smallest absolute Gasteiger partial charge is 0.350 e. The van der Waals surface area contributed by atoms with E-state index in [-0.39, 0.29) is 27.3 Å². The number of hydrogen-bond acceptors (Lipinski definition) is 4. The van der Waals surface area contributed by atoms with Crippen molar-refractivity contribution in [3.05, 3.63) is 60.4 Å². The maximum absolute atomic E-state index is 13.3. The van der Waals surface area contributed by atoms with Crippen molar-refractivity contribution in [3.63, 3.8) is 0 Å². The van der Waals surface area contributed by atoms with Gasteiger partial charge in [-0.25, -0.2) is 12.8 Å². The van der Waals surface area contributed by atoms with E-state index in [4.69, 9.17) is 0 Å². The summed E-state index contributed by atoms with van der Waals surface area (Å²) in [4.78, 5) is -0.121. The normalized spacial score (nSPS) is 12.3. The lowest BCUT2D eigenvalue weighted by molar-refractivity contribution is -0.154. The van der Waals surface area contributed by atoms with Crippen molar-refractivity contribution < 1.29 is 30.5 Å². The van der Waals surface area contributed by atoms with Crippen LogP contribution in [0.3, 0.4) is 0 Å². The van der Waals surface area contributed by atoms with Crippen LogP contribution in [0, 0.1) is 0 Å². The molecule has 142 valence electrons. The SMILES string of the molecule is O=S(=O)(CC[18F])c1ccc(-c2noc(C(F)(F)F)c2-c2ccccc2)cc1. The van der Waals surface area contributed by atoms with Gasteiger partial charge in [0.1, 0.15) is 12.4 Å². The van der Waals surface area contributed by atoms with Crippen LogP contribution in [0.15, 0.2) is 64.0 Å². The first-order valence-electron chi connectivity index (χ1n) is 7.75. The maximum atomic E-state index is 13.3. The molecule has 0 radical (unpaired) electrons. The molecule has 3 aromatic rings. The molecule has 0 aliphatic heterocycles. The molecule has 0 atom stereocenters. The lowest BCUT2D eigenvalue weighted by Crippen LogP contribution is -2.08. The van der Waals surface area contributed by atoms with E-state index in [1.807, 2.05) is 0 Å². The van der Waals surface area contributed by atoms with Crippen LogP contribution in [0.4, 0.5) is 17.6 Å². The number of sulfone groups is 1. The number of aromatic nitrogens is 1. The van der Waals surface area contributed by atoms with Crippen LogP contribution in [0.1, 0.15) is 5.76 Å². The van der Waals surface area contributed by atoms with Gasteiger partial charge in [-0.3, -0.25) is 0 Å². The molecular formula is C18H13F4NO3S. The Balaban J connectivity index is 2.12. The van der Waals surface area contributed by atoms with Gasteiger partial charge in [0.2, 0.25) is 5.76 Å². The molecule has 0 fully saturated rings. The Morgan fingerprint density at radius 1 is 0.926 bits per heavy atom. The van der Waals surface area contributed by atoms with Crippen molar-refractivity contribution in [3.8, 4) is 22.4 Å². The summed E-state index contributed by atoms with van der Waals surface area (Å²) in [6, 6.07) is 12.8. The predicted octanol–water partition coefficient (Wildman–Crippen LogP) is 4.77. The van der Waals surface area contributed by atoms with Crippen LogP contribution < -0.4 is 0 Å². The van der Waals surface area contributed by atoms with Crippen LogP contribution in [0.25, 0.3) is 22.4 Å². The van der Waals surface area contributed by atoms with E-state index < -0.39 is 34.2 Å². The Morgan fingerprint density at radius 2 is 1.56 bits per heavy atom. The van der Waals surface area contributed by atoms with E-state index in [2.05, 4.69) is 9.68 Å². The molecule has 0 aliphatic rings. The Morgan fingerprint density at radius 3 is 2.11 bits per heavy atom. The summed E-state index contributed by atoms with van der Waals surface area (Å²) in [5, 5.41) is 3.55. The van der Waals surface area contributed by atoms with Gasteiger partial charge >= 0.3 is 6.18 Å². The number of hydrogen-bond donors (Lipinski definition) is 0. The molecule has 0 unspecified atom stereocenters. The van der Waals surface area contributed by atoms with E-state index in [9.17, 15) is 26.0 Å². The van der Waals surface area contributed by atoms with Gasteiger partial charge in [0.25, 0.3) is 0 Å². The van der Waals surface area contributed by atoms with Crippen LogP contribution in [0.2, 0.25) is 0 Å². The molecule has 1 heterocycles. The predicted molar refractivity (Wildman–Crippen MR) is 90.4 cm³/mol. The molecule has 0 aliphatic carbocycles. The minimum Gasteiger partial charge on any atom is -0.350 e. The van der Waals surface area contributed by atoms with Gasteiger partial charge < -0.3 is 4.52 Å². The van der Waals surface area contributed by atoms with Crippen molar-refractivity contribution >= 4 is 9.84 Å². The molecule has 27 heavy (non-hydrogen) atoms. The van der Waals surface area contributed by atoms with Gasteiger partial charge in [0.05, 0.1) is 16.2 Å². The van der Waals surface area contributed by atoms with Crippen molar-refractivity contribution in [2.45, 2.75) is 11.1 Å². The molecule has 4 nitrogen and oxygen atoms in total. The fourth-order valence-corrected chi connectivity index (χ4v) is 3.58. The second kappa shape index (κ2) is 7.15. The molecule has 2 aromatic carbocycles. The average Bonchev–Trinajstić information content (AvgIpc) is 3.08. The summed E-state index contributed by atoms with van der Waals surface area (Å²) < 4.78 is 80.6. The molecule has 0 bridgehead atoms. The summed E-state index contributed by atoms with van der Waals surface area (Å²) in [6.07, 6.45) is -4.75. The average molecular weight is 398 g/mol. The number of benzene rings is 2. The molecule has 0 N–H and O–H groups in total. The van der Waals surface area contributed by atoms with Crippen LogP contribution in [0.5, 0.6) is 0 Å². The highest BCUT2D eigenvalue weighted by atomic mass is 32.2. The third-order valence-corrected chi connectivity index (χ3v) is 5.53. The third kappa shape index (κ3) is 3.87. The van der Waals surface area contributed by atoms with Gasteiger partial charge in [0.15, 0.2) is 9.84 Å². The van der Waals surface area contributed by atoms with Gasteiger partial charge in [0, 0.05) is 5.56 Å². The second-order valence-electron chi connectivity index (χ2n) is 5.63. The van der Waals surface area contributed by atoms with E-state index in [0.717, 1.165) is 0 Å². The lowest BCUT2D eigenvalue weighted by Gasteiger charge is -2.08. The molecule has 0 saturated heterocycles. The fourth-order valence-electron chi connectivity index (χ4n) is 2.59. The first-order valence-corrected chi connectivity index (χ1v) is 9.40. The fraction of sp³-hybridized carbons (Fsp3) is 0.167. The zero-order valence-electron chi connectivity index (χ0n) is 13.7. The van der Waals surface area contributed by atoms with E-state index in [1.54, 1.807) is 18.2 Å². The molecule has 9 heteroatoms. The van der Waals surface area contributed by atoms with Gasteiger partial charge in [-0.15, -0.1) is 0 Å². The highest BCUT2D eigenvalue weighted by molar-refractivity contribution is 7.91. The first-order chi connectivity index (χ1) is 12.7. The third-order valence-electron chi connectivity index (χ3n) is 3.84. The van der Waals surface area contributed by atoms with Crippen molar-refractivity contribution in [1.82, 2.24) is 5.16 Å². The highest BCUT2D eigenvalue weighted by Crippen LogP contribution is 2.42. The number of nitrogens with zero attached hydrogens (tertiary/aromatic N) is 1. The van der Waals surface area contributed by atoms with E-state index in [0.29, 0.717) is 0 Å².